The number of hydrogen-bond acceptors (Lipinski definition) is 2. The van der Waals surface area contributed by atoms with Gasteiger partial charge < -0.3 is 10.2 Å². The van der Waals surface area contributed by atoms with Crippen molar-refractivity contribution in [2.45, 2.75) is 65.3 Å². The van der Waals surface area contributed by atoms with Crippen LogP contribution in [0.4, 0.5) is 0 Å². The first-order chi connectivity index (χ1) is 8.26. The van der Waals surface area contributed by atoms with Gasteiger partial charge in [-0.25, -0.2) is 0 Å². The number of piperidine rings is 1. The molecule has 0 aromatic rings. The molecule has 0 saturated carbocycles. The van der Waals surface area contributed by atoms with Crippen LogP contribution in [0.5, 0.6) is 0 Å². The SMILES string of the molecule is CCCC1CCN(CCCC(C)NCC)CC1. The van der Waals surface area contributed by atoms with Crippen LogP contribution in [0.15, 0.2) is 0 Å². The number of rotatable bonds is 8. The van der Waals surface area contributed by atoms with E-state index in [1.54, 1.807) is 0 Å². The van der Waals surface area contributed by atoms with E-state index in [1.165, 1.54) is 58.2 Å². The van der Waals surface area contributed by atoms with Crippen molar-refractivity contribution in [3.8, 4) is 0 Å². The van der Waals surface area contributed by atoms with Crippen LogP contribution in [0, 0.1) is 5.92 Å². The van der Waals surface area contributed by atoms with Gasteiger partial charge in [0, 0.05) is 6.04 Å². The molecule has 1 N–H and O–H groups in total. The van der Waals surface area contributed by atoms with E-state index in [0.717, 1.165) is 12.5 Å². The Kier molecular flexibility index (Phi) is 7.87. The van der Waals surface area contributed by atoms with Crippen LogP contribution in [-0.4, -0.2) is 37.1 Å². The van der Waals surface area contributed by atoms with Crippen molar-refractivity contribution in [3.63, 3.8) is 0 Å². The molecule has 1 atom stereocenters. The van der Waals surface area contributed by atoms with Gasteiger partial charge in [-0.15, -0.1) is 0 Å². The largest absolute Gasteiger partial charge is 0.315 e. The van der Waals surface area contributed by atoms with Crippen molar-refractivity contribution >= 4 is 0 Å². The maximum atomic E-state index is 3.49. The molecule has 1 rings (SSSR count). The molecule has 0 aromatic carbocycles. The minimum atomic E-state index is 0.692. The first-order valence-corrected chi connectivity index (χ1v) is 7.72. The lowest BCUT2D eigenvalue weighted by Crippen LogP contribution is -2.35. The van der Waals surface area contributed by atoms with Crippen LogP contribution in [0.1, 0.15) is 59.3 Å². The average Bonchev–Trinajstić information content (AvgIpc) is 2.32. The molecule has 2 nitrogen and oxygen atoms in total. The van der Waals surface area contributed by atoms with E-state index in [2.05, 4.69) is 31.0 Å². The topological polar surface area (TPSA) is 15.3 Å². The van der Waals surface area contributed by atoms with Gasteiger partial charge in [-0.3, -0.25) is 0 Å². The summed E-state index contributed by atoms with van der Waals surface area (Å²) in [6.45, 7) is 11.9. The Hall–Kier alpha value is -0.0800. The zero-order valence-electron chi connectivity index (χ0n) is 12.2. The van der Waals surface area contributed by atoms with E-state index in [-0.39, 0.29) is 0 Å². The van der Waals surface area contributed by atoms with Crippen LogP contribution in [-0.2, 0) is 0 Å². The molecule has 0 radical (unpaired) electrons. The average molecular weight is 240 g/mol. The summed E-state index contributed by atoms with van der Waals surface area (Å²) in [4.78, 5) is 2.67. The van der Waals surface area contributed by atoms with Crippen molar-refractivity contribution < 1.29 is 0 Å². The smallest absolute Gasteiger partial charge is 0.00390 e. The Bertz CT molecular complexity index is 174. The molecule has 1 heterocycles. The van der Waals surface area contributed by atoms with Crippen molar-refractivity contribution in [3.05, 3.63) is 0 Å². The molecule has 0 amide bonds. The minimum Gasteiger partial charge on any atom is -0.315 e. The summed E-state index contributed by atoms with van der Waals surface area (Å²) in [5.74, 6) is 1.02. The second-order valence-electron chi connectivity index (χ2n) is 5.67. The predicted octanol–water partition coefficient (Wildman–Crippen LogP) is 3.28. The summed E-state index contributed by atoms with van der Waals surface area (Å²) in [6.07, 6.45) is 8.37. The van der Waals surface area contributed by atoms with Gasteiger partial charge in [0.15, 0.2) is 0 Å². The van der Waals surface area contributed by atoms with Crippen molar-refractivity contribution in [2.24, 2.45) is 5.92 Å². The van der Waals surface area contributed by atoms with Gasteiger partial charge in [0.05, 0.1) is 0 Å². The molecule has 2 heteroatoms. The maximum absolute atomic E-state index is 3.49. The Morgan fingerprint density at radius 3 is 2.53 bits per heavy atom. The molecule has 0 spiro atoms. The monoisotopic (exact) mass is 240 g/mol. The van der Waals surface area contributed by atoms with Gasteiger partial charge in [-0.2, -0.15) is 0 Å². The van der Waals surface area contributed by atoms with Gasteiger partial charge in [0.1, 0.15) is 0 Å². The van der Waals surface area contributed by atoms with Crippen LogP contribution in [0.25, 0.3) is 0 Å². The van der Waals surface area contributed by atoms with Gasteiger partial charge in [-0.1, -0.05) is 26.7 Å². The van der Waals surface area contributed by atoms with Gasteiger partial charge in [-0.05, 0) is 64.7 Å². The summed E-state index contributed by atoms with van der Waals surface area (Å²) in [7, 11) is 0. The first-order valence-electron chi connectivity index (χ1n) is 7.72. The third kappa shape index (κ3) is 6.42. The molecule has 1 unspecified atom stereocenters. The lowest BCUT2D eigenvalue weighted by molar-refractivity contribution is 0.174. The highest BCUT2D eigenvalue weighted by atomic mass is 15.1. The summed E-state index contributed by atoms with van der Waals surface area (Å²) in [6, 6.07) is 0.692. The van der Waals surface area contributed by atoms with E-state index in [4.69, 9.17) is 0 Å². The number of likely N-dealkylation sites (tertiary alicyclic amines) is 1. The lowest BCUT2D eigenvalue weighted by Gasteiger charge is -2.32. The predicted molar refractivity (Wildman–Crippen MR) is 76.4 cm³/mol. The van der Waals surface area contributed by atoms with Gasteiger partial charge in [0.2, 0.25) is 0 Å². The highest BCUT2D eigenvalue weighted by Gasteiger charge is 2.17. The third-order valence-corrected chi connectivity index (χ3v) is 4.07. The quantitative estimate of drug-likeness (QED) is 0.700. The second kappa shape index (κ2) is 8.93. The molecule has 1 aliphatic rings. The summed E-state index contributed by atoms with van der Waals surface area (Å²) in [5, 5.41) is 3.49. The fourth-order valence-corrected chi connectivity index (χ4v) is 2.98. The van der Waals surface area contributed by atoms with Crippen LogP contribution >= 0.6 is 0 Å². The highest BCUT2D eigenvalue weighted by Crippen LogP contribution is 2.21. The molecule has 17 heavy (non-hydrogen) atoms. The Morgan fingerprint density at radius 2 is 1.94 bits per heavy atom. The van der Waals surface area contributed by atoms with Crippen LogP contribution in [0.2, 0.25) is 0 Å². The molecule has 102 valence electrons. The molecular formula is C15H32N2. The van der Waals surface area contributed by atoms with Crippen LogP contribution < -0.4 is 5.32 Å². The summed E-state index contributed by atoms with van der Waals surface area (Å²) in [5.41, 5.74) is 0. The molecule has 1 aliphatic heterocycles. The van der Waals surface area contributed by atoms with Crippen molar-refractivity contribution in [2.75, 3.05) is 26.2 Å². The summed E-state index contributed by atoms with van der Waals surface area (Å²) >= 11 is 0. The van der Waals surface area contributed by atoms with Crippen molar-refractivity contribution in [1.82, 2.24) is 10.2 Å². The Morgan fingerprint density at radius 1 is 1.24 bits per heavy atom. The molecule has 0 bridgehead atoms. The fraction of sp³-hybridized carbons (Fsp3) is 1.00. The molecule has 1 fully saturated rings. The molecule has 1 saturated heterocycles. The Balaban J connectivity index is 2.02. The Labute approximate surface area is 108 Å². The van der Waals surface area contributed by atoms with E-state index in [9.17, 15) is 0 Å². The second-order valence-corrected chi connectivity index (χ2v) is 5.67. The molecule has 0 aromatic heterocycles. The number of hydrogen-bond donors (Lipinski definition) is 1. The van der Waals surface area contributed by atoms with E-state index >= 15 is 0 Å². The van der Waals surface area contributed by atoms with Gasteiger partial charge >= 0.3 is 0 Å². The zero-order valence-corrected chi connectivity index (χ0v) is 12.2. The first kappa shape index (κ1) is 15.0. The third-order valence-electron chi connectivity index (χ3n) is 4.07. The zero-order chi connectivity index (χ0) is 12.5. The number of nitrogens with zero attached hydrogens (tertiary/aromatic N) is 1. The van der Waals surface area contributed by atoms with E-state index in [0.29, 0.717) is 6.04 Å². The minimum absolute atomic E-state index is 0.692. The van der Waals surface area contributed by atoms with Crippen LogP contribution in [0.3, 0.4) is 0 Å². The normalized spacial score (nSPS) is 20.6. The standard InChI is InChI=1S/C15H32N2/c1-4-7-15-9-12-17(13-10-15)11-6-8-14(3)16-5-2/h14-16H,4-13H2,1-3H3. The molecular weight excluding hydrogens is 208 g/mol. The fourth-order valence-electron chi connectivity index (χ4n) is 2.98. The van der Waals surface area contributed by atoms with E-state index in [1.807, 2.05) is 0 Å². The summed E-state index contributed by atoms with van der Waals surface area (Å²) < 4.78 is 0. The maximum Gasteiger partial charge on any atom is 0.00390 e. The van der Waals surface area contributed by atoms with Gasteiger partial charge in [0.25, 0.3) is 0 Å². The van der Waals surface area contributed by atoms with Crippen molar-refractivity contribution in [1.29, 1.82) is 0 Å². The lowest BCUT2D eigenvalue weighted by atomic mass is 9.92. The molecule has 0 aliphatic carbocycles. The number of nitrogens with one attached hydrogen (secondary N) is 1. The highest BCUT2D eigenvalue weighted by molar-refractivity contribution is 4.72. The van der Waals surface area contributed by atoms with E-state index < -0.39 is 0 Å².